The number of aryl methyl sites for hydroxylation is 2. The number of hydrogen-bond donors (Lipinski definition) is 3. The van der Waals surface area contributed by atoms with E-state index in [0.717, 1.165) is 78.7 Å². The largest absolute Gasteiger partial charge is 0.374 e. The van der Waals surface area contributed by atoms with Gasteiger partial charge < -0.3 is 19.9 Å². The maximum Gasteiger partial charge on any atom is 0.252 e. The molecule has 4 rings (SSSR count). The molecule has 2 aromatic heterocycles. The highest BCUT2D eigenvalue weighted by molar-refractivity contribution is 5.86. The van der Waals surface area contributed by atoms with Crippen LogP contribution in [0.15, 0.2) is 29.2 Å². The number of aliphatic hydroxyl groups is 1. The van der Waals surface area contributed by atoms with Gasteiger partial charge in [0.1, 0.15) is 6.23 Å². The number of aromatic amines is 1. The number of pyridine rings is 1. The predicted molar refractivity (Wildman–Crippen MR) is 151 cm³/mol. The molecule has 0 spiro atoms. The van der Waals surface area contributed by atoms with E-state index >= 15 is 0 Å². The molecule has 1 unspecified atom stereocenters. The van der Waals surface area contributed by atoms with E-state index in [-0.39, 0.29) is 11.6 Å². The van der Waals surface area contributed by atoms with E-state index in [9.17, 15) is 9.90 Å². The molecule has 3 heterocycles. The van der Waals surface area contributed by atoms with Gasteiger partial charge in [0.05, 0.1) is 11.7 Å². The summed E-state index contributed by atoms with van der Waals surface area (Å²) in [6.07, 6.45) is 5.04. The number of fused-ring (bicyclic) bond motifs is 1. The highest BCUT2D eigenvalue weighted by atomic mass is 16.3. The fourth-order valence-electron chi connectivity index (χ4n) is 5.65. The second-order valence-electron chi connectivity index (χ2n) is 11.2. The van der Waals surface area contributed by atoms with Crippen LogP contribution >= 0.6 is 0 Å². The molecule has 0 bridgehead atoms. The van der Waals surface area contributed by atoms with Crippen molar-refractivity contribution in [2.45, 2.75) is 72.2 Å². The average Bonchev–Trinajstić information content (AvgIpc) is 3.27. The van der Waals surface area contributed by atoms with Gasteiger partial charge in [0.15, 0.2) is 0 Å². The first-order valence-corrected chi connectivity index (χ1v) is 13.7. The molecule has 1 aromatic carbocycles. The smallest absolute Gasteiger partial charge is 0.252 e. The molecule has 37 heavy (non-hydrogen) atoms. The van der Waals surface area contributed by atoms with Gasteiger partial charge >= 0.3 is 0 Å². The lowest BCUT2D eigenvalue weighted by atomic mass is 9.95. The van der Waals surface area contributed by atoms with Gasteiger partial charge in [0, 0.05) is 60.1 Å². The number of nitrogens with one attached hydrogen (secondary N) is 2. The summed E-state index contributed by atoms with van der Waals surface area (Å²) in [6, 6.07) is 6.57. The molecule has 0 radical (unpaired) electrons. The summed E-state index contributed by atoms with van der Waals surface area (Å²) in [6.45, 7) is 11.7. The first-order valence-electron chi connectivity index (χ1n) is 13.7. The predicted octanol–water partition coefficient (Wildman–Crippen LogP) is 4.13. The number of rotatable bonds is 10. The Hall–Kier alpha value is -2.68. The summed E-state index contributed by atoms with van der Waals surface area (Å²) < 4.78 is 2.03. The first-order chi connectivity index (χ1) is 17.7. The van der Waals surface area contributed by atoms with E-state index in [2.05, 4.69) is 72.2 Å². The highest BCUT2D eigenvalue weighted by Gasteiger charge is 2.23. The summed E-state index contributed by atoms with van der Waals surface area (Å²) in [4.78, 5) is 20.4. The lowest BCUT2D eigenvalue weighted by Crippen LogP contribution is -2.37. The number of nitrogens with zero attached hydrogens (tertiary/aromatic N) is 4. The van der Waals surface area contributed by atoms with Crippen LogP contribution in [0.25, 0.3) is 10.9 Å². The van der Waals surface area contributed by atoms with Crippen LogP contribution in [0.3, 0.4) is 0 Å². The molecule has 0 aliphatic carbocycles. The Labute approximate surface area is 220 Å². The van der Waals surface area contributed by atoms with Gasteiger partial charge in [0.2, 0.25) is 0 Å². The molecule has 1 aliphatic heterocycles. The fourth-order valence-corrected chi connectivity index (χ4v) is 5.65. The monoisotopic (exact) mass is 508 g/mol. The van der Waals surface area contributed by atoms with Crippen LogP contribution in [0.5, 0.6) is 0 Å². The lowest BCUT2D eigenvalue weighted by Gasteiger charge is -2.35. The van der Waals surface area contributed by atoms with Crippen molar-refractivity contribution < 1.29 is 5.11 Å². The van der Waals surface area contributed by atoms with E-state index in [1.807, 2.05) is 23.9 Å². The van der Waals surface area contributed by atoms with Crippen molar-refractivity contribution in [3.05, 3.63) is 57.1 Å². The third kappa shape index (κ3) is 6.25. The Morgan fingerprint density at radius 3 is 2.59 bits per heavy atom. The van der Waals surface area contributed by atoms with Gasteiger partial charge in [-0.25, -0.2) is 0 Å². The van der Waals surface area contributed by atoms with E-state index in [4.69, 9.17) is 0 Å². The Balaban J connectivity index is 1.62. The second kappa shape index (κ2) is 11.8. The number of H-pyrrole nitrogens is 1. The molecule has 0 amide bonds. The fraction of sp³-hybridized carbons (Fsp3) is 0.586. The third-order valence-electron chi connectivity index (χ3n) is 7.47. The zero-order valence-corrected chi connectivity index (χ0v) is 23.3. The minimum Gasteiger partial charge on any atom is -0.374 e. The molecular formula is C29H44N6O2. The molecule has 3 aromatic rings. The first kappa shape index (κ1) is 27.4. The maximum absolute atomic E-state index is 12.7. The van der Waals surface area contributed by atoms with Crippen LogP contribution in [-0.4, -0.2) is 58.5 Å². The molecule has 1 atom stereocenters. The summed E-state index contributed by atoms with van der Waals surface area (Å²) in [5.41, 5.74) is 5.45. The molecule has 3 N–H and O–H groups in total. The van der Waals surface area contributed by atoms with Crippen LogP contribution in [-0.2, 0) is 13.0 Å². The number of piperidine rings is 1. The third-order valence-corrected chi connectivity index (χ3v) is 7.47. The zero-order valence-electron chi connectivity index (χ0n) is 23.3. The van der Waals surface area contributed by atoms with Crippen molar-refractivity contribution >= 4 is 16.6 Å². The number of benzene rings is 1. The summed E-state index contributed by atoms with van der Waals surface area (Å²) >= 11 is 0. The highest BCUT2D eigenvalue weighted by Crippen LogP contribution is 2.33. The molecule has 8 heteroatoms. The van der Waals surface area contributed by atoms with Gasteiger partial charge in [-0.1, -0.05) is 13.3 Å². The van der Waals surface area contributed by atoms with E-state index in [1.165, 1.54) is 0 Å². The number of aliphatic hydroxyl groups excluding tert-OH is 1. The van der Waals surface area contributed by atoms with Crippen LogP contribution in [0, 0.1) is 12.8 Å². The molecule has 0 saturated carbocycles. The van der Waals surface area contributed by atoms with Gasteiger partial charge in [-0.05, 0) is 83.8 Å². The van der Waals surface area contributed by atoms with Crippen molar-refractivity contribution in [2.24, 2.45) is 5.92 Å². The minimum atomic E-state index is -0.922. The Morgan fingerprint density at radius 1 is 1.22 bits per heavy atom. The van der Waals surface area contributed by atoms with Crippen molar-refractivity contribution in [3.8, 4) is 0 Å². The van der Waals surface area contributed by atoms with Crippen LogP contribution in [0.2, 0.25) is 0 Å². The van der Waals surface area contributed by atoms with Gasteiger partial charge in [0.25, 0.3) is 5.56 Å². The van der Waals surface area contributed by atoms with E-state index in [1.54, 1.807) is 0 Å². The average molecular weight is 509 g/mol. The topological polar surface area (TPSA) is 89.4 Å². The molecule has 8 nitrogen and oxygen atoms in total. The summed E-state index contributed by atoms with van der Waals surface area (Å²) in [7, 11) is 4.29. The van der Waals surface area contributed by atoms with E-state index < -0.39 is 6.23 Å². The lowest BCUT2D eigenvalue weighted by molar-refractivity contribution is 0.138. The van der Waals surface area contributed by atoms with Crippen molar-refractivity contribution in [2.75, 3.05) is 38.6 Å². The molecule has 1 saturated heterocycles. The number of aromatic nitrogens is 3. The van der Waals surface area contributed by atoms with Crippen molar-refractivity contribution in [1.82, 2.24) is 25.0 Å². The number of anilines is 1. The minimum absolute atomic E-state index is 0.0877. The van der Waals surface area contributed by atoms with E-state index in [0.29, 0.717) is 18.0 Å². The molecular weight excluding hydrogens is 464 g/mol. The molecule has 1 fully saturated rings. The summed E-state index contributed by atoms with van der Waals surface area (Å²) in [5.74, 6) is 0.716. The Bertz CT molecular complexity index is 1250. The van der Waals surface area contributed by atoms with Crippen molar-refractivity contribution in [3.63, 3.8) is 0 Å². The summed E-state index contributed by atoms with van der Waals surface area (Å²) in [5, 5.41) is 20.2. The van der Waals surface area contributed by atoms with Gasteiger partial charge in [-0.3, -0.25) is 14.8 Å². The van der Waals surface area contributed by atoms with Crippen LogP contribution in [0.4, 0.5) is 5.69 Å². The van der Waals surface area contributed by atoms with Crippen molar-refractivity contribution in [1.29, 1.82) is 0 Å². The van der Waals surface area contributed by atoms with Gasteiger partial charge in [-0.2, -0.15) is 5.10 Å². The quantitative estimate of drug-likeness (QED) is 0.357. The van der Waals surface area contributed by atoms with Crippen LogP contribution in [0.1, 0.15) is 74.7 Å². The van der Waals surface area contributed by atoms with Crippen LogP contribution < -0.4 is 15.8 Å². The molecule has 1 aliphatic rings. The second-order valence-corrected chi connectivity index (χ2v) is 11.2. The number of hydrogen-bond acceptors (Lipinski definition) is 6. The maximum atomic E-state index is 12.7. The Morgan fingerprint density at radius 2 is 1.95 bits per heavy atom. The zero-order chi connectivity index (χ0) is 26.7. The Kier molecular flexibility index (Phi) is 8.72. The van der Waals surface area contributed by atoms with Gasteiger partial charge in [-0.15, -0.1) is 0 Å². The standard InChI is InChI=1S/C29H44N6O2/c1-7-8-22-13-20(4)32-29(37)25(22)16-30-28(36)24-14-23(15-27-26(24)17-31-35(27)19(2)3)34-11-9-21(10-12-34)18-33(5)6/h13-15,17,19,21,28,30,36H,7-12,16,18H2,1-6H3,(H,32,37). The molecule has 202 valence electrons. The normalized spacial score (nSPS) is 15.9. The SMILES string of the molecule is CCCc1cc(C)[nH]c(=O)c1CNC(O)c1cc(N2CCC(CN(C)C)CC2)cc2c1cnn2C(C)C.